The predicted molar refractivity (Wildman–Crippen MR) is 116 cm³/mol. The van der Waals surface area contributed by atoms with Gasteiger partial charge < -0.3 is 10.1 Å². The van der Waals surface area contributed by atoms with E-state index in [1.807, 2.05) is 56.3 Å². The Labute approximate surface area is 172 Å². The summed E-state index contributed by atoms with van der Waals surface area (Å²) in [7, 11) is 0. The molecule has 0 aliphatic heterocycles. The Morgan fingerprint density at radius 1 is 1.03 bits per heavy atom. The van der Waals surface area contributed by atoms with E-state index in [0.717, 1.165) is 41.0 Å². The van der Waals surface area contributed by atoms with Crippen LogP contribution in [0.1, 0.15) is 49.3 Å². The number of nitrogens with one attached hydrogen (secondary N) is 2. The molecule has 0 bridgehead atoms. The lowest BCUT2D eigenvalue weighted by molar-refractivity contribution is -0.124. The van der Waals surface area contributed by atoms with E-state index in [0.29, 0.717) is 6.61 Å². The van der Waals surface area contributed by atoms with Gasteiger partial charge in [-0.2, -0.15) is 5.10 Å². The Kier molecular flexibility index (Phi) is 8.89. The first-order valence-corrected chi connectivity index (χ1v) is 9.90. The zero-order valence-electron chi connectivity index (χ0n) is 17.3. The number of nitrogens with zero attached hydrogens (tertiary/aromatic N) is 1. The van der Waals surface area contributed by atoms with Gasteiger partial charge in [-0.15, -0.1) is 0 Å². The summed E-state index contributed by atoms with van der Waals surface area (Å²) in [6.07, 6.45) is 3.84. The summed E-state index contributed by atoms with van der Waals surface area (Å²) in [5, 5.41) is 6.78. The molecule has 0 aromatic heterocycles. The maximum absolute atomic E-state index is 12.1. The number of benzene rings is 2. The molecular weight excluding hydrogens is 366 g/mol. The van der Waals surface area contributed by atoms with Gasteiger partial charge in [0.25, 0.3) is 0 Å². The van der Waals surface area contributed by atoms with E-state index in [-0.39, 0.29) is 24.7 Å². The van der Waals surface area contributed by atoms with Crippen LogP contribution in [0.5, 0.6) is 5.75 Å². The van der Waals surface area contributed by atoms with Crippen molar-refractivity contribution in [2.24, 2.45) is 5.10 Å². The normalized spacial score (nSPS) is 10.7. The van der Waals surface area contributed by atoms with Gasteiger partial charge >= 0.3 is 0 Å². The van der Waals surface area contributed by atoms with Gasteiger partial charge in [-0.25, -0.2) is 5.43 Å². The molecule has 0 saturated carbocycles. The molecule has 154 valence electrons. The highest BCUT2D eigenvalue weighted by Gasteiger charge is 2.08. The maximum Gasteiger partial charge on any atom is 0.240 e. The lowest BCUT2D eigenvalue weighted by Crippen LogP contribution is -2.21. The highest BCUT2D eigenvalue weighted by Crippen LogP contribution is 2.18. The second-order valence-electron chi connectivity index (χ2n) is 6.86. The molecule has 2 amide bonds. The SMILES string of the molecule is CCCCOc1ccc(C=NNC(=O)CCC(=O)Nc2cccc(C)c2C)cc1. The standard InChI is InChI=1S/C23H29N3O3/c1-4-5-15-29-20-11-9-19(10-12-20)16-24-26-23(28)14-13-22(27)25-21-8-6-7-17(2)18(21)3/h6-12,16H,4-5,13-15H2,1-3H3,(H,25,27)(H,26,28). The van der Waals surface area contributed by atoms with Crippen molar-refractivity contribution in [3.63, 3.8) is 0 Å². The molecule has 2 N–H and O–H groups in total. The summed E-state index contributed by atoms with van der Waals surface area (Å²) < 4.78 is 5.60. The summed E-state index contributed by atoms with van der Waals surface area (Å²) in [5.74, 6) is 0.308. The van der Waals surface area contributed by atoms with E-state index in [4.69, 9.17) is 4.74 Å². The zero-order valence-corrected chi connectivity index (χ0v) is 17.3. The highest BCUT2D eigenvalue weighted by molar-refractivity contribution is 5.94. The third-order valence-corrected chi connectivity index (χ3v) is 4.51. The fourth-order valence-corrected chi connectivity index (χ4v) is 2.55. The van der Waals surface area contributed by atoms with E-state index >= 15 is 0 Å². The van der Waals surface area contributed by atoms with E-state index in [1.165, 1.54) is 0 Å². The van der Waals surface area contributed by atoms with Crippen molar-refractivity contribution in [3.8, 4) is 5.75 Å². The van der Waals surface area contributed by atoms with E-state index < -0.39 is 0 Å². The topological polar surface area (TPSA) is 79.8 Å². The molecule has 0 atom stereocenters. The molecule has 0 fully saturated rings. The van der Waals surface area contributed by atoms with E-state index in [1.54, 1.807) is 6.21 Å². The number of aryl methyl sites for hydroxylation is 1. The average molecular weight is 396 g/mol. The Morgan fingerprint density at radius 2 is 1.76 bits per heavy atom. The van der Waals surface area contributed by atoms with Crippen molar-refractivity contribution in [2.75, 3.05) is 11.9 Å². The number of carbonyl (C=O) groups is 2. The Balaban J connectivity index is 1.72. The lowest BCUT2D eigenvalue weighted by Gasteiger charge is -2.10. The van der Waals surface area contributed by atoms with Crippen molar-refractivity contribution in [2.45, 2.75) is 46.5 Å². The summed E-state index contributed by atoms with van der Waals surface area (Å²) >= 11 is 0. The first-order chi connectivity index (χ1) is 14.0. The van der Waals surface area contributed by atoms with Gasteiger partial charge in [0.2, 0.25) is 11.8 Å². The van der Waals surface area contributed by atoms with Gasteiger partial charge in [0.15, 0.2) is 0 Å². The van der Waals surface area contributed by atoms with Crippen molar-refractivity contribution in [1.29, 1.82) is 0 Å². The summed E-state index contributed by atoms with van der Waals surface area (Å²) in [6, 6.07) is 13.2. The number of ether oxygens (including phenoxy) is 1. The van der Waals surface area contributed by atoms with Crippen LogP contribution in [0, 0.1) is 13.8 Å². The Hall–Kier alpha value is -3.15. The molecule has 0 unspecified atom stereocenters. The number of amides is 2. The molecule has 6 heteroatoms. The molecule has 29 heavy (non-hydrogen) atoms. The minimum atomic E-state index is -0.308. The Morgan fingerprint density at radius 3 is 2.48 bits per heavy atom. The van der Waals surface area contributed by atoms with Crippen molar-refractivity contribution in [1.82, 2.24) is 5.43 Å². The van der Waals surface area contributed by atoms with Gasteiger partial charge in [-0.3, -0.25) is 9.59 Å². The van der Waals surface area contributed by atoms with Gasteiger partial charge in [-0.05, 0) is 67.3 Å². The smallest absolute Gasteiger partial charge is 0.240 e. The number of hydrogen-bond acceptors (Lipinski definition) is 4. The van der Waals surface area contributed by atoms with E-state index in [9.17, 15) is 9.59 Å². The van der Waals surface area contributed by atoms with Crippen LogP contribution < -0.4 is 15.5 Å². The molecule has 0 aliphatic rings. The third kappa shape index (κ3) is 7.78. The fourth-order valence-electron chi connectivity index (χ4n) is 2.55. The minimum Gasteiger partial charge on any atom is -0.494 e. The average Bonchev–Trinajstić information content (AvgIpc) is 2.71. The van der Waals surface area contributed by atoms with Crippen LogP contribution in [0.25, 0.3) is 0 Å². The zero-order chi connectivity index (χ0) is 21.1. The van der Waals surface area contributed by atoms with Gasteiger partial charge in [0.05, 0.1) is 12.8 Å². The number of rotatable bonds is 10. The lowest BCUT2D eigenvalue weighted by atomic mass is 10.1. The molecule has 2 rings (SSSR count). The number of unbranched alkanes of at least 4 members (excludes halogenated alkanes) is 1. The summed E-state index contributed by atoms with van der Waals surface area (Å²) in [4.78, 5) is 23.9. The fraction of sp³-hybridized carbons (Fsp3) is 0.348. The first kappa shape index (κ1) is 22.1. The first-order valence-electron chi connectivity index (χ1n) is 9.90. The second kappa shape index (κ2) is 11.6. The summed E-state index contributed by atoms with van der Waals surface area (Å²) in [6.45, 7) is 6.77. The molecule has 0 saturated heterocycles. The van der Waals surface area contributed by atoms with Gasteiger partial charge in [-0.1, -0.05) is 25.5 Å². The molecule has 2 aromatic carbocycles. The van der Waals surface area contributed by atoms with Crippen LogP contribution in [-0.4, -0.2) is 24.6 Å². The molecule has 6 nitrogen and oxygen atoms in total. The molecule has 0 heterocycles. The predicted octanol–water partition coefficient (Wildman–Crippen LogP) is 4.35. The third-order valence-electron chi connectivity index (χ3n) is 4.51. The minimum absolute atomic E-state index is 0.0677. The van der Waals surface area contributed by atoms with Crippen LogP contribution in [0.2, 0.25) is 0 Å². The monoisotopic (exact) mass is 395 g/mol. The van der Waals surface area contributed by atoms with Crippen LogP contribution >= 0.6 is 0 Å². The van der Waals surface area contributed by atoms with Crippen LogP contribution in [0.3, 0.4) is 0 Å². The molecule has 2 aromatic rings. The van der Waals surface area contributed by atoms with Crippen molar-refractivity contribution >= 4 is 23.7 Å². The van der Waals surface area contributed by atoms with Crippen molar-refractivity contribution in [3.05, 3.63) is 59.2 Å². The van der Waals surface area contributed by atoms with Crippen molar-refractivity contribution < 1.29 is 14.3 Å². The quantitative estimate of drug-likeness (QED) is 0.356. The second-order valence-corrected chi connectivity index (χ2v) is 6.86. The van der Waals surface area contributed by atoms with E-state index in [2.05, 4.69) is 22.8 Å². The number of anilines is 1. The van der Waals surface area contributed by atoms with Gasteiger partial charge in [0.1, 0.15) is 5.75 Å². The number of hydrogen-bond donors (Lipinski definition) is 2. The number of hydrazone groups is 1. The largest absolute Gasteiger partial charge is 0.494 e. The highest BCUT2D eigenvalue weighted by atomic mass is 16.5. The maximum atomic E-state index is 12.1. The molecule has 0 aliphatic carbocycles. The van der Waals surface area contributed by atoms with Crippen LogP contribution in [-0.2, 0) is 9.59 Å². The Bertz CT molecular complexity index is 845. The molecular formula is C23H29N3O3. The summed E-state index contributed by atoms with van der Waals surface area (Å²) in [5.41, 5.74) is 6.20. The molecule has 0 radical (unpaired) electrons. The number of carbonyl (C=O) groups excluding carboxylic acids is 2. The van der Waals surface area contributed by atoms with Crippen LogP contribution in [0.15, 0.2) is 47.6 Å². The van der Waals surface area contributed by atoms with Crippen LogP contribution in [0.4, 0.5) is 5.69 Å². The van der Waals surface area contributed by atoms with Gasteiger partial charge in [0, 0.05) is 18.5 Å². The molecule has 0 spiro atoms.